The Balaban J connectivity index is 0.00000324. The number of benzene rings is 1. The van der Waals surface area contributed by atoms with Crippen molar-refractivity contribution in [3.63, 3.8) is 0 Å². The number of carbonyl (C=O) groups excluding carboxylic acids is 1. The van der Waals surface area contributed by atoms with Gasteiger partial charge in [-0.25, -0.2) is 0 Å². The van der Waals surface area contributed by atoms with Gasteiger partial charge in [0.05, 0.1) is 0 Å². The van der Waals surface area contributed by atoms with E-state index in [9.17, 15) is 4.79 Å². The summed E-state index contributed by atoms with van der Waals surface area (Å²) in [5, 5.41) is 2.94. The van der Waals surface area contributed by atoms with Crippen molar-refractivity contribution in [2.24, 2.45) is 5.73 Å². The van der Waals surface area contributed by atoms with Crippen molar-refractivity contribution in [1.82, 2.24) is 0 Å². The lowest BCUT2D eigenvalue weighted by molar-refractivity contribution is -0.116. The summed E-state index contributed by atoms with van der Waals surface area (Å²) in [7, 11) is 0. The SMILES string of the molecule is CCc1cccc(NC(=O)CCCCCCN)c1.Cl. The maximum absolute atomic E-state index is 11.7. The molecule has 108 valence electrons. The number of nitrogens with two attached hydrogens (primary N) is 1. The van der Waals surface area contributed by atoms with Gasteiger partial charge in [0.25, 0.3) is 0 Å². The van der Waals surface area contributed by atoms with Crippen LogP contribution in [0.15, 0.2) is 24.3 Å². The van der Waals surface area contributed by atoms with Gasteiger partial charge in [-0.3, -0.25) is 4.79 Å². The molecule has 0 radical (unpaired) electrons. The van der Waals surface area contributed by atoms with Crippen LogP contribution in [-0.4, -0.2) is 12.5 Å². The second kappa shape index (κ2) is 10.8. The Labute approximate surface area is 122 Å². The quantitative estimate of drug-likeness (QED) is 0.718. The van der Waals surface area contributed by atoms with E-state index in [0.29, 0.717) is 6.42 Å². The normalized spacial score (nSPS) is 9.79. The van der Waals surface area contributed by atoms with E-state index >= 15 is 0 Å². The van der Waals surface area contributed by atoms with Gasteiger partial charge in [-0.15, -0.1) is 12.4 Å². The van der Waals surface area contributed by atoms with E-state index in [1.165, 1.54) is 5.56 Å². The number of amides is 1. The molecule has 0 heterocycles. The summed E-state index contributed by atoms with van der Waals surface area (Å²) in [6.45, 7) is 2.86. The fraction of sp³-hybridized carbons (Fsp3) is 0.533. The second-order valence-electron chi connectivity index (χ2n) is 4.55. The molecule has 19 heavy (non-hydrogen) atoms. The van der Waals surface area contributed by atoms with Crippen molar-refractivity contribution in [2.75, 3.05) is 11.9 Å². The Hall–Kier alpha value is -1.06. The van der Waals surface area contributed by atoms with E-state index in [2.05, 4.69) is 18.3 Å². The molecule has 0 aromatic heterocycles. The van der Waals surface area contributed by atoms with Crippen molar-refractivity contribution in [2.45, 2.75) is 45.4 Å². The summed E-state index contributed by atoms with van der Waals surface area (Å²) in [6.07, 6.45) is 5.79. The lowest BCUT2D eigenvalue weighted by Gasteiger charge is -2.06. The van der Waals surface area contributed by atoms with Crippen molar-refractivity contribution >= 4 is 24.0 Å². The number of rotatable bonds is 8. The fourth-order valence-corrected chi connectivity index (χ4v) is 1.88. The Morgan fingerprint density at radius 2 is 1.95 bits per heavy atom. The summed E-state index contributed by atoms with van der Waals surface area (Å²) >= 11 is 0. The van der Waals surface area contributed by atoms with Crippen LogP contribution in [0.1, 0.15) is 44.6 Å². The number of hydrogen-bond acceptors (Lipinski definition) is 2. The molecular weight excluding hydrogens is 260 g/mol. The van der Waals surface area contributed by atoms with Crippen molar-refractivity contribution < 1.29 is 4.79 Å². The number of hydrogen-bond donors (Lipinski definition) is 2. The zero-order chi connectivity index (χ0) is 13.2. The molecule has 3 N–H and O–H groups in total. The standard InChI is InChI=1S/C15H24N2O.ClH/c1-2-13-8-7-9-14(12-13)17-15(18)10-5-3-4-6-11-16;/h7-9,12H,2-6,10-11,16H2,1H3,(H,17,18);1H. The number of unbranched alkanes of at least 4 members (excludes halogenated alkanes) is 3. The monoisotopic (exact) mass is 284 g/mol. The van der Waals surface area contributed by atoms with E-state index in [0.717, 1.165) is 44.3 Å². The van der Waals surface area contributed by atoms with Gasteiger partial charge in [0.1, 0.15) is 0 Å². The fourth-order valence-electron chi connectivity index (χ4n) is 1.88. The molecule has 0 aliphatic carbocycles. The van der Waals surface area contributed by atoms with Gasteiger partial charge in [-0.2, -0.15) is 0 Å². The third-order valence-corrected chi connectivity index (χ3v) is 2.98. The first kappa shape index (κ1) is 17.9. The first-order valence-corrected chi connectivity index (χ1v) is 6.85. The molecule has 0 aliphatic heterocycles. The van der Waals surface area contributed by atoms with Crippen LogP contribution in [-0.2, 0) is 11.2 Å². The molecule has 0 atom stereocenters. The topological polar surface area (TPSA) is 55.1 Å². The average Bonchev–Trinajstić information content (AvgIpc) is 2.38. The number of carbonyl (C=O) groups is 1. The van der Waals surface area contributed by atoms with Gasteiger partial charge < -0.3 is 11.1 Å². The van der Waals surface area contributed by atoms with Gasteiger partial charge in [0.15, 0.2) is 0 Å². The van der Waals surface area contributed by atoms with Crippen molar-refractivity contribution in [3.8, 4) is 0 Å². The maximum atomic E-state index is 11.7. The molecule has 4 heteroatoms. The zero-order valence-corrected chi connectivity index (χ0v) is 12.5. The maximum Gasteiger partial charge on any atom is 0.224 e. The number of aryl methyl sites for hydroxylation is 1. The lowest BCUT2D eigenvalue weighted by atomic mass is 10.1. The number of nitrogens with one attached hydrogen (secondary N) is 1. The van der Waals surface area contributed by atoms with E-state index in [4.69, 9.17) is 5.73 Å². The second-order valence-corrected chi connectivity index (χ2v) is 4.55. The van der Waals surface area contributed by atoms with Crippen LogP contribution < -0.4 is 11.1 Å². The first-order valence-electron chi connectivity index (χ1n) is 6.85. The van der Waals surface area contributed by atoms with E-state index in [1.54, 1.807) is 0 Å². The molecule has 1 amide bonds. The van der Waals surface area contributed by atoms with Crippen LogP contribution in [0, 0.1) is 0 Å². The highest BCUT2D eigenvalue weighted by molar-refractivity contribution is 5.90. The predicted molar refractivity (Wildman–Crippen MR) is 83.8 cm³/mol. The van der Waals surface area contributed by atoms with Gasteiger partial charge in [-0.1, -0.05) is 31.9 Å². The Morgan fingerprint density at radius 3 is 2.63 bits per heavy atom. The van der Waals surface area contributed by atoms with Gasteiger partial charge in [0.2, 0.25) is 5.91 Å². The molecule has 1 rings (SSSR count). The van der Waals surface area contributed by atoms with Crippen LogP contribution in [0.2, 0.25) is 0 Å². The van der Waals surface area contributed by atoms with Gasteiger partial charge in [-0.05, 0) is 43.5 Å². The molecule has 3 nitrogen and oxygen atoms in total. The summed E-state index contributed by atoms with van der Waals surface area (Å²) in [5.74, 6) is 0.107. The molecular formula is C15H25ClN2O. The molecule has 0 saturated heterocycles. The Bertz CT molecular complexity index is 369. The summed E-state index contributed by atoms with van der Waals surface area (Å²) in [4.78, 5) is 11.7. The highest BCUT2D eigenvalue weighted by Crippen LogP contribution is 2.12. The molecule has 1 aromatic rings. The highest BCUT2D eigenvalue weighted by Gasteiger charge is 2.02. The molecule has 0 unspecified atom stereocenters. The molecule has 0 aliphatic rings. The zero-order valence-electron chi connectivity index (χ0n) is 11.7. The smallest absolute Gasteiger partial charge is 0.224 e. The largest absolute Gasteiger partial charge is 0.330 e. The van der Waals surface area contributed by atoms with Crippen molar-refractivity contribution in [3.05, 3.63) is 29.8 Å². The summed E-state index contributed by atoms with van der Waals surface area (Å²) in [6, 6.07) is 8.02. The number of anilines is 1. The molecule has 0 fully saturated rings. The van der Waals surface area contributed by atoms with Crippen LogP contribution in [0.25, 0.3) is 0 Å². The van der Waals surface area contributed by atoms with Crippen LogP contribution >= 0.6 is 12.4 Å². The Kier molecular flexibility index (Phi) is 10.2. The molecule has 0 saturated carbocycles. The summed E-state index contributed by atoms with van der Waals surface area (Å²) in [5.41, 5.74) is 7.57. The molecule has 1 aromatic carbocycles. The first-order chi connectivity index (χ1) is 8.76. The third kappa shape index (κ3) is 7.85. The minimum absolute atomic E-state index is 0. The third-order valence-electron chi connectivity index (χ3n) is 2.98. The minimum Gasteiger partial charge on any atom is -0.330 e. The highest BCUT2D eigenvalue weighted by atomic mass is 35.5. The van der Waals surface area contributed by atoms with Crippen molar-refractivity contribution in [1.29, 1.82) is 0 Å². The lowest BCUT2D eigenvalue weighted by Crippen LogP contribution is -2.11. The Morgan fingerprint density at radius 1 is 1.21 bits per heavy atom. The van der Waals surface area contributed by atoms with Crippen LogP contribution in [0.5, 0.6) is 0 Å². The average molecular weight is 285 g/mol. The number of halogens is 1. The van der Waals surface area contributed by atoms with E-state index in [-0.39, 0.29) is 18.3 Å². The molecule has 0 bridgehead atoms. The van der Waals surface area contributed by atoms with Gasteiger partial charge >= 0.3 is 0 Å². The molecule has 0 spiro atoms. The van der Waals surface area contributed by atoms with E-state index in [1.807, 2.05) is 18.2 Å². The predicted octanol–water partition coefficient (Wildman–Crippen LogP) is 3.52. The van der Waals surface area contributed by atoms with Gasteiger partial charge in [0, 0.05) is 12.1 Å². The van der Waals surface area contributed by atoms with E-state index < -0.39 is 0 Å². The summed E-state index contributed by atoms with van der Waals surface area (Å²) < 4.78 is 0. The van der Waals surface area contributed by atoms with Crippen LogP contribution in [0.3, 0.4) is 0 Å². The minimum atomic E-state index is 0. The van der Waals surface area contributed by atoms with Crippen LogP contribution in [0.4, 0.5) is 5.69 Å².